The molecule has 190 valence electrons. The number of aromatic nitrogens is 2. The number of carbonyl (C=O) groups excluding carboxylic acids is 1. The van der Waals surface area contributed by atoms with Crippen molar-refractivity contribution in [3.8, 4) is 17.2 Å². The summed E-state index contributed by atoms with van der Waals surface area (Å²) in [6.07, 6.45) is 0.593. The molecule has 3 aromatic rings. The minimum atomic E-state index is -0.496. The standard InChI is InChI=1S/C25H29N5O6/c1-6-16(14-10-11-18-19(12-14)36-13-35-18)26-20-21(25(34)30(5)29(4)24(20)33)27-17-9-7-8-15(22(17)31)23(32)28(2)3/h7-12,16,26-27,31H,6,13H2,1-5H3. The largest absolute Gasteiger partial charge is 0.505 e. The molecule has 3 N–H and O–H groups in total. The van der Waals surface area contributed by atoms with Crippen molar-refractivity contribution in [2.75, 3.05) is 31.5 Å². The molecule has 1 aromatic heterocycles. The van der Waals surface area contributed by atoms with Crippen molar-refractivity contribution in [2.24, 2.45) is 14.1 Å². The van der Waals surface area contributed by atoms with E-state index in [0.717, 1.165) is 5.56 Å². The number of nitrogens with zero attached hydrogens (tertiary/aromatic N) is 3. The summed E-state index contributed by atoms with van der Waals surface area (Å²) in [5.41, 5.74) is 0.0668. The van der Waals surface area contributed by atoms with E-state index in [1.807, 2.05) is 19.1 Å². The van der Waals surface area contributed by atoms with Crippen molar-refractivity contribution in [3.05, 3.63) is 68.2 Å². The molecule has 0 fully saturated rings. The monoisotopic (exact) mass is 495 g/mol. The SMILES string of the molecule is CCC(Nc1c(Nc2cccc(C(=O)N(C)C)c2O)c(=O)n(C)n(C)c1=O)c1ccc2c(c1)OCO2. The van der Waals surface area contributed by atoms with E-state index in [0.29, 0.717) is 17.9 Å². The smallest absolute Gasteiger partial charge is 0.290 e. The van der Waals surface area contributed by atoms with Gasteiger partial charge in [0.25, 0.3) is 17.0 Å². The van der Waals surface area contributed by atoms with Crippen molar-refractivity contribution in [1.82, 2.24) is 14.3 Å². The van der Waals surface area contributed by atoms with Gasteiger partial charge in [-0.2, -0.15) is 0 Å². The van der Waals surface area contributed by atoms with Gasteiger partial charge in [0, 0.05) is 28.2 Å². The van der Waals surface area contributed by atoms with Crippen LogP contribution in [0.4, 0.5) is 17.1 Å². The zero-order valence-electron chi connectivity index (χ0n) is 20.8. The second-order valence-corrected chi connectivity index (χ2v) is 8.65. The maximum atomic E-state index is 13.3. The van der Waals surface area contributed by atoms with Crippen molar-refractivity contribution >= 4 is 23.0 Å². The molecule has 1 aliphatic rings. The average Bonchev–Trinajstić information content (AvgIpc) is 3.34. The third-order valence-corrected chi connectivity index (χ3v) is 6.17. The Labute approximate surface area is 207 Å². The predicted octanol–water partition coefficient (Wildman–Crippen LogP) is 2.53. The van der Waals surface area contributed by atoms with Crippen LogP contribution in [0.2, 0.25) is 0 Å². The summed E-state index contributed by atoms with van der Waals surface area (Å²) in [6, 6.07) is 9.76. The molecule has 4 rings (SSSR count). The summed E-state index contributed by atoms with van der Waals surface area (Å²) in [7, 11) is 6.11. The van der Waals surface area contributed by atoms with Gasteiger partial charge in [0.2, 0.25) is 6.79 Å². The maximum Gasteiger partial charge on any atom is 0.290 e. The van der Waals surface area contributed by atoms with E-state index in [1.165, 1.54) is 40.5 Å². The Bertz CT molecular complexity index is 1440. The zero-order chi connectivity index (χ0) is 26.1. The van der Waals surface area contributed by atoms with E-state index in [2.05, 4.69) is 10.6 Å². The van der Waals surface area contributed by atoms with Crippen LogP contribution >= 0.6 is 0 Å². The summed E-state index contributed by atoms with van der Waals surface area (Å²) in [5.74, 6) is 0.520. The normalized spacial score (nSPS) is 12.8. The lowest BCUT2D eigenvalue weighted by Crippen LogP contribution is -2.38. The van der Waals surface area contributed by atoms with E-state index in [4.69, 9.17) is 9.47 Å². The number of anilines is 3. The van der Waals surface area contributed by atoms with E-state index in [-0.39, 0.29) is 41.2 Å². The molecule has 1 unspecified atom stereocenters. The number of amides is 1. The number of para-hydroxylation sites is 1. The minimum absolute atomic E-state index is 0.0360. The van der Waals surface area contributed by atoms with Gasteiger partial charge in [0.05, 0.1) is 17.3 Å². The summed E-state index contributed by atoms with van der Waals surface area (Å²) in [6.45, 7) is 2.09. The Morgan fingerprint density at radius 3 is 2.39 bits per heavy atom. The lowest BCUT2D eigenvalue weighted by Gasteiger charge is -2.23. The molecular formula is C25H29N5O6. The van der Waals surface area contributed by atoms with Gasteiger partial charge >= 0.3 is 0 Å². The fourth-order valence-electron chi connectivity index (χ4n) is 3.98. The first-order chi connectivity index (χ1) is 17.1. The van der Waals surface area contributed by atoms with Crippen LogP contribution < -0.4 is 31.2 Å². The van der Waals surface area contributed by atoms with Crippen LogP contribution in [0, 0.1) is 0 Å². The Morgan fingerprint density at radius 2 is 1.72 bits per heavy atom. The fourth-order valence-corrected chi connectivity index (χ4v) is 3.98. The van der Waals surface area contributed by atoms with Crippen molar-refractivity contribution < 1.29 is 19.4 Å². The van der Waals surface area contributed by atoms with Crippen LogP contribution in [0.5, 0.6) is 17.2 Å². The summed E-state index contributed by atoms with van der Waals surface area (Å²) in [5, 5.41) is 16.9. The van der Waals surface area contributed by atoms with Crippen molar-refractivity contribution in [3.63, 3.8) is 0 Å². The number of carbonyl (C=O) groups is 1. The lowest BCUT2D eigenvalue weighted by molar-refractivity contribution is 0.0824. The van der Waals surface area contributed by atoms with Crippen molar-refractivity contribution in [2.45, 2.75) is 19.4 Å². The van der Waals surface area contributed by atoms with Gasteiger partial charge in [-0.05, 0) is 36.2 Å². The maximum absolute atomic E-state index is 13.3. The van der Waals surface area contributed by atoms with Crippen LogP contribution in [-0.4, -0.2) is 46.2 Å². The quantitative estimate of drug-likeness (QED) is 0.427. The van der Waals surface area contributed by atoms with Gasteiger partial charge in [-0.3, -0.25) is 14.4 Å². The Kier molecular flexibility index (Phi) is 6.65. The molecule has 11 heteroatoms. The van der Waals surface area contributed by atoms with E-state index in [9.17, 15) is 19.5 Å². The minimum Gasteiger partial charge on any atom is -0.505 e. The van der Waals surface area contributed by atoms with Gasteiger partial charge in [0.15, 0.2) is 17.2 Å². The number of hydrogen-bond donors (Lipinski definition) is 3. The van der Waals surface area contributed by atoms with Gasteiger partial charge in [-0.15, -0.1) is 0 Å². The van der Waals surface area contributed by atoms with E-state index in [1.54, 1.807) is 26.2 Å². The summed E-state index contributed by atoms with van der Waals surface area (Å²) >= 11 is 0. The molecule has 0 bridgehead atoms. The number of rotatable bonds is 7. The third-order valence-electron chi connectivity index (χ3n) is 6.17. The molecule has 1 amide bonds. The highest BCUT2D eigenvalue weighted by atomic mass is 16.7. The van der Waals surface area contributed by atoms with E-state index < -0.39 is 17.0 Å². The number of nitrogens with one attached hydrogen (secondary N) is 2. The van der Waals surface area contributed by atoms with Crippen LogP contribution in [0.25, 0.3) is 0 Å². The fraction of sp³-hybridized carbons (Fsp3) is 0.320. The topological polar surface area (TPSA) is 127 Å². The number of hydrogen-bond acceptors (Lipinski definition) is 8. The van der Waals surface area contributed by atoms with Crippen LogP contribution in [0.1, 0.15) is 35.3 Å². The van der Waals surface area contributed by atoms with Crippen LogP contribution in [-0.2, 0) is 14.1 Å². The van der Waals surface area contributed by atoms with Gasteiger partial charge in [-0.25, -0.2) is 9.36 Å². The van der Waals surface area contributed by atoms with Crippen LogP contribution in [0.15, 0.2) is 46.0 Å². The lowest BCUT2D eigenvalue weighted by atomic mass is 10.0. The van der Waals surface area contributed by atoms with Crippen LogP contribution in [0.3, 0.4) is 0 Å². The van der Waals surface area contributed by atoms with Gasteiger partial charge in [-0.1, -0.05) is 19.1 Å². The summed E-state index contributed by atoms with van der Waals surface area (Å²) < 4.78 is 13.2. The Hall–Kier alpha value is -4.41. The Morgan fingerprint density at radius 1 is 1.06 bits per heavy atom. The highest BCUT2D eigenvalue weighted by Gasteiger charge is 2.24. The number of ether oxygens (including phenoxy) is 2. The molecule has 1 atom stereocenters. The molecule has 0 spiro atoms. The molecule has 36 heavy (non-hydrogen) atoms. The molecule has 0 saturated carbocycles. The van der Waals surface area contributed by atoms with Gasteiger partial charge < -0.3 is 30.1 Å². The first-order valence-electron chi connectivity index (χ1n) is 11.4. The molecule has 11 nitrogen and oxygen atoms in total. The molecular weight excluding hydrogens is 466 g/mol. The third kappa shape index (κ3) is 4.35. The Balaban J connectivity index is 1.79. The van der Waals surface area contributed by atoms with Crippen molar-refractivity contribution in [1.29, 1.82) is 0 Å². The first-order valence-corrected chi connectivity index (χ1v) is 11.4. The number of fused-ring (bicyclic) bond motifs is 1. The molecule has 1 aliphatic heterocycles. The second-order valence-electron chi connectivity index (χ2n) is 8.65. The summed E-state index contributed by atoms with van der Waals surface area (Å²) in [4.78, 5) is 40.4. The predicted molar refractivity (Wildman–Crippen MR) is 136 cm³/mol. The molecule has 0 saturated heterocycles. The van der Waals surface area contributed by atoms with E-state index >= 15 is 0 Å². The average molecular weight is 496 g/mol. The second kappa shape index (κ2) is 9.68. The number of phenolic OH excluding ortho intramolecular Hbond substituents is 1. The zero-order valence-corrected chi connectivity index (χ0v) is 20.8. The van der Waals surface area contributed by atoms with Gasteiger partial charge in [0.1, 0.15) is 11.4 Å². The molecule has 2 aromatic carbocycles. The highest BCUT2D eigenvalue weighted by molar-refractivity contribution is 5.98. The molecule has 0 radical (unpaired) electrons. The number of aromatic hydroxyl groups is 1. The molecule has 0 aliphatic carbocycles. The number of benzene rings is 2. The number of phenols is 1. The first kappa shape index (κ1) is 24.7. The highest BCUT2D eigenvalue weighted by Crippen LogP contribution is 2.36. The molecule has 2 heterocycles.